The number of benzene rings is 2. The Labute approximate surface area is 223 Å². The number of carboxylic acids is 1. The Morgan fingerprint density at radius 2 is 1.77 bits per heavy atom. The van der Waals surface area contributed by atoms with Gasteiger partial charge in [0, 0.05) is 12.1 Å². The lowest BCUT2D eigenvalue weighted by Crippen LogP contribution is -2.72. The highest BCUT2D eigenvalue weighted by molar-refractivity contribution is 7.89. The zero-order chi connectivity index (χ0) is 28.6. The van der Waals surface area contributed by atoms with E-state index in [9.17, 15) is 32.7 Å². The zero-order valence-corrected chi connectivity index (χ0v) is 21.4. The van der Waals surface area contributed by atoms with E-state index < -0.39 is 52.5 Å². The first kappa shape index (κ1) is 28.9. The van der Waals surface area contributed by atoms with E-state index in [0.29, 0.717) is 12.1 Å². The summed E-state index contributed by atoms with van der Waals surface area (Å²) in [6.07, 6.45) is 0.621. The van der Waals surface area contributed by atoms with Gasteiger partial charge in [-0.25, -0.2) is 28.4 Å². The van der Waals surface area contributed by atoms with Crippen molar-refractivity contribution < 1.29 is 37.7 Å². The first-order chi connectivity index (χ1) is 18.5. The normalized spacial score (nSPS) is 15.9. The van der Waals surface area contributed by atoms with E-state index >= 15 is 0 Å². The van der Waals surface area contributed by atoms with Crippen LogP contribution in [0.5, 0.6) is 0 Å². The summed E-state index contributed by atoms with van der Waals surface area (Å²) in [6, 6.07) is 10.0. The summed E-state index contributed by atoms with van der Waals surface area (Å²) >= 11 is 0. The van der Waals surface area contributed by atoms with E-state index in [2.05, 4.69) is 26.5 Å². The lowest BCUT2D eigenvalue weighted by atomic mass is 10.2. The highest BCUT2D eigenvalue weighted by Gasteiger charge is 2.40. The molecule has 1 heterocycles. The number of sulfonamides is 1. The number of hydrazine groups is 1. The summed E-state index contributed by atoms with van der Waals surface area (Å²) in [5.74, 6) is -3.03. The van der Waals surface area contributed by atoms with Crippen molar-refractivity contribution in [2.45, 2.75) is 29.8 Å². The number of hydrogen-bond acceptors (Lipinski definition) is 6. The van der Waals surface area contributed by atoms with Crippen molar-refractivity contribution in [3.05, 3.63) is 60.2 Å². The third-order valence-electron chi connectivity index (χ3n) is 5.64. The molecule has 1 fully saturated rings. The molecule has 1 saturated heterocycles. The van der Waals surface area contributed by atoms with Crippen LogP contribution < -0.4 is 37.9 Å². The van der Waals surface area contributed by atoms with Crippen LogP contribution in [0.4, 0.5) is 10.5 Å². The van der Waals surface area contributed by atoms with Crippen LogP contribution in [-0.2, 0) is 19.6 Å². The lowest BCUT2D eigenvalue weighted by molar-refractivity contribution is -0.356. The molecule has 3 rings (SSSR count). The van der Waals surface area contributed by atoms with Crippen molar-refractivity contribution in [3.63, 3.8) is 0 Å². The number of urea groups is 1. The molecular weight excluding hydrogens is 532 g/mol. The number of guanidine groups is 1. The molecule has 4 amide bonds. The van der Waals surface area contributed by atoms with Gasteiger partial charge in [0.05, 0.1) is 17.1 Å². The number of carbonyl (C=O) groups excluding carboxylic acids is 3. The van der Waals surface area contributed by atoms with E-state index in [0.717, 1.165) is 4.31 Å². The summed E-state index contributed by atoms with van der Waals surface area (Å²) in [4.78, 5) is 51.6. The highest BCUT2D eigenvalue weighted by Crippen LogP contribution is 2.26. The quantitative estimate of drug-likeness (QED) is 0.0885. The maximum Gasteiger partial charge on any atom is 0.343 e. The average Bonchev–Trinajstić information content (AvgIpc) is 3.41. The topological polar surface area (TPSA) is 240 Å². The van der Waals surface area contributed by atoms with Gasteiger partial charge in [-0.2, -0.15) is 4.31 Å². The Hall–Kier alpha value is -4.70. The van der Waals surface area contributed by atoms with E-state index in [1.165, 1.54) is 24.3 Å². The number of nitrogens with two attached hydrogens (primary N) is 2. The van der Waals surface area contributed by atoms with Crippen LogP contribution in [0.3, 0.4) is 0 Å². The van der Waals surface area contributed by atoms with Crippen molar-refractivity contribution in [2.75, 3.05) is 13.1 Å². The molecule has 208 valence electrons. The summed E-state index contributed by atoms with van der Waals surface area (Å²) < 4.78 is 27.0. The van der Waals surface area contributed by atoms with Crippen LogP contribution in [0, 0.1) is 0 Å². The first-order valence-corrected chi connectivity index (χ1v) is 13.1. The SMILES string of the molecule is NC(N)=[NH+]c1cccc(C(=O)NNC(=O)NCC(NC(=O)C2CCCN2S(=O)(=O)c2ccccc2)C(=O)O)c1. The molecule has 0 bridgehead atoms. The van der Waals surface area contributed by atoms with E-state index in [1.807, 2.05) is 0 Å². The van der Waals surface area contributed by atoms with Gasteiger partial charge in [-0.3, -0.25) is 26.5 Å². The largest absolute Gasteiger partial charge is 0.480 e. The smallest absolute Gasteiger partial charge is 0.343 e. The van der Waals surface area contributed by atoms with Gasteiger partial charge in [-0.1, -0.05) is 24.3 Å². The minimum absolute atomic E-state index is 0.0182. The standard InChI is InChI=1S/C23H28N8O7S/c24-22(25)27-15-7-4-6-14(12-15)19(32)29-30-23(36)26-13-17(21(34)35)28-20(33)18-10-5-11-31(18)39(37,38)16-8-2-1-3-9-16/h1-4,6-9,12,17-18H,5,10-11,13H2,(H,28,33)(H,29,32)(H,34,35)(H4,24,25,27)(H2,26,30,36)/p+1. The second-order valence-corrected chi connectivity index (χ2v) is 10.3. The molecule has 15 nitrogen and oxygen atoms in total. The predicted octanol–water partition coefficient (Wildman–Crippen LogP) is -2.96. The number of hydrogen-bond donors (Lipinski definition) is 8. The van der Waals surface area contributed by atoms with Gasteiger partial charge in [0.15, 0.2) is 0 Å². The molecule has 0 saturated carbocycles. The Bertz CT molecular complexity index is 1360. The number of aliphatic carboxylic acids is 1. The van der Waals surface area contributed by atoms with Crippen LogP contribution in [0.2, 0.25) is 0 Å². The monoisotopic (exact) mass is 561 g/mol. The zero-order valence-electron chi connectivity index (χ0n) is 20.6. The van der Waals surface area contributed by atoms with Gasteiger partial charge in [-0.05, 0) is 43.2 Å². The van der Waals surface area contributed by atoms with Crippen LogP contribution in [0.1, 0.15) is 23.2 Å². The number of nitrogens with one attached hydrogen (secondary N) is 5. The van der Waals surface area contributed by atoms with Gasteiger partial charge in [-0.15, -0.1) is 0 Å². The number of carboxylic acid groups (broad SMARTS) is 1. The molecule has 0 aliphatic carbocycles. The average molecular weight is 562 g/mol. The summed E-state index contributed by atoms with van der Waals surface area (Å²) in [6.45, 7) is -0.448. The van der Waals surface area contributed by atoms with Crippen molar-refractivity contribution >= 4 is 45.5 Å². The minimum atomic E-state index is -3.97. The van der Waals surface area contributed by atoms with Gasteiger partial charge in [0.2, 0.25) is 15.9 Å². The van der Waals surface area contributed by atoms with Crippen molar-refractivity contribution in [3.8, 4) is 0 Å². The van der Waals surface area contributed by atoms with Gasteiger partial charge in [0.1, 0.15) is 12.1 Å². The molecule has 0 aromatic heterocycles. The third kappa shape index (κ3) is 7.65. The van der Waals surface area contributed by atoms with Crippen molar-refractivity contribution in [2.24, 2.45) is 11.5 Å². The van der Waals surface area contributed by atoms with Gasteiger partial charge in [0.25, 0.3) is 5.91 Å². The molecule has 2 aromatic rings. The van der Waals surface area contributed by atoms with Crippen molar-refractivity contribution in [1.82, 2.24) is 25.8 Å². The molecule has 2 aromatic carbocycles. The minimum Gasteiger partial charge on any atom is -0.480 e. The first-order valence-electron chi connectivity index (χ1n) is 11.7. The van der Waals surface area contributed by atoms with Crippen molar-refractivity contribution in [1.29, 1.82) is 0 Å². The Morgan fingerprint density at radius 3 is 2.44 bits per heavy atom. The maximum absolute atomic E-state index is 13.0. The van der Waals surface area contributed by atoms with E-state index in [4.69, 9.17) is 11.5 Å². The van der Waals surface area contributed by atoms with Gasteiger partial charge < -0.3 is 15.7 Å². The fourth-order valence-corrected chi connectivity index (χ4v) is 5.49. The fourth-order valence-electron chi connectivity index (χ4n) is 3.82. The molecule has 1 aliphatic heterocycles. The van der Waals surface area contributed by atoms with Gasteiger partial charge >= 0.3 is 18.0 Å². The number of rotatable bonds is 9. The highest BCUT2D eigenvalue weighted by atomic mass is 32.2. The summed E-state index contributed by atoms with van der Waals surface area (Å²) in [5.41, 5.74) is 15.5. The van der Waals surface area contributed by atoms with Crippen LogP contribution >= 0.6 is 0 Å². The van der Waals surface area contributed by atoms with Crippen LogP contribution in [0.15, 0.2) is 59.5 Å². The molecule has 0 spiro atoms. The van der Waals surface area contributed by atoms with Crippen LogP contribution in [-0.4, -0.2) is 72.8 Å². The second kappa shape index (κ2) is 12.7. The molecule has 0 radical (unpaired) electrons. The molecule has 39 heavy (non-hydrogen) atoms. The van der Waals surface area contributed by atoms with Crippen LogP contribution in [0.25, 0.3) is 0 Å². The molecule has 2 unspecified atom stereocenters. The number of nitrogens with zero attached hydrogens (tertiary/aromatic N) is 1. The summed E-state index contributed by atoms with van der Waals surface area (Å²) in [5, 5.41) is 14.0. The molecule has 1 aliphatic rings. The Morgan fingerprint density at radius 1 is 1.05 bits per heavy atom. The number of carbonyl (C=O) groups is 4. The van der Waals surface area contributed by atoms with E-state index in [-0.39, 0.29) is 29.4 Å². The molecule has 10 N–H and O–H groups in total. The molecule has 2 atom stereocenters. The maximum atomic E-state index is 13.0. The predicted molar refractivity (Wildman–Crippen MR) is 137 cm³/mol. The Kier molecular flexibility index (Phi) is 9.40. The van der Waals surface area contributed by atoms with E-state index in [1.54, 1.807) is 30.3 Å². The summed E-state index contributed by atoms with van der Waals surface area (Å²) in [7, 11) is -3.97. The lowest BCUT2D eigenvalue weighted by Gasteiger charge is -2.25. The Balaban J connectivity index is 1.55. The third-order valence-corrected chi connectivity index (χ3v) is 7.56. The molecule has 16 heteroatoms. The fraction of sp³-hybridized carbons (Fsp3) is 0.261. The second-order valence-electron chi connectivity index (χ2n) is 8.44. The molecular formula is C23H29N8O7S+. The number of amides is 4.